The Morgan fingerprint density at radius 3 is 2.56 bits per heavy atom. The molecule has 4 rings (SSSR count). The van der Waals surface area contributed by atoms with Gasteiger partial charge in [-0.3, -0.25) is 0 Å². The zero-order valence-corrected chi connectivity index (χ0v) is 17.1. The number of hydrogen-bond acceptors (Lipinski definition) is 7. The van der Waals surface area contributed by atoms with Crippen LogP contribution in [0, 0.1) is 11.6 Å². The quantitative estimate of drug-likeness (QED) is 0.534. The van der Waals surface area contributed by atoms with Crippen LogP contribution in [0.4, 0.5) is 26.7 Å². The van der Waals surface area contributed by atoms with Gasteiger partial charge >= 0.3 is 12.3 Å². The fourth-order valence-corrected chi connectivity index (χ4v) is 3.39. The van der Waals surface area contributed by atoms with Crippen LogP contribution in [0.3, 0.4) is 0 Å². The Hall–Kier alpha value is -4.10. The predicted octanol–water partition coefficient (Wildman–Crippen LogP) is 4.27. The normalized spacial score (nSPS) is 20.4. The third-order valence-corrected chi connectivity index (χ3v) is 4.95. The molecule has 2 N–H and O–H groups in total. The third kappa shape index (κ3) is 4.65. The second kappa shape index (κ2) is 8.35. The molecule has 3 heterocycles. The molecule has 0 fully saturated rings. The highest BCUT2D eigenvalue weighted by molar-refractivity contribution is 5.90. The number of carbonyl (C=O) groups is 1. The van der Waals surface area contributed by atoms with Crippen molar-refractivity contribution in [2.75, 3.05) is 0 Å². The zero-order chi connectivity index (χ0) is 24.7. The van der Waals surface area contributed by atoms with E-state index in [4.69, 9.17) is 9.63 Å². The lowest BCUT2D eigenvalue weighted by Gasteiger charge is -2.36. The number of hydrogen-bond donors (Lipinski definition) is 2. The van der Waals surface area contributed by atoms with Crippen molar-refractivity contribution in [3.8, 4) is 22.8 Å². The van der Waals surface area contributed by atoms with Crippen molar-refractivity contribution in [1.82, 2.24) is 20.4 Å². The fourth-order valence-electron chi connectivity index (χ4n) is 3.39. The highest BCUT2D eigenvalue weighted by Gasteiger charge is 2.50. The summed E-state index contributed by atoms with van der Waals surface area (Å²) >= 11 is 0. The Labute approximate surface area is 187 Å². The minimum atomic E-state index is -4.87. The molecular weight excluding hydrogens is 469 g/mol. The molecule has 2 atom stereocenters. The number of nitrogens with one attached hydrogen (secondary N) is 1. The van der Waals surface area contributed by atoms with Crippen molar-refractivity contribution in [2.45, 2.75) is 31.2 Å². The van der Waals surface area contributed by atoms with Gasteiger partial charge in [0.15, 0.2) is 29.2 Å². The molecule has 0 saturated carbocycles. The van der Waals surface area contributed by atoms with Crippen LogP contribution in [0.1, 0.15) is 18.9 Å². The van der Waals surface area contributed by atoms with E-state index in [1.54, 1.807) is 5.32 Å². The minimum Gasteiger partial charge on any atom is -0.465 e. The highest BCUT2D eigenvalue weighted by Crippen LogP contribution is 2.42. The van der Waals surface area contributed by atoms with E-state index in [2.05, 4.69) is 24.9 Å². The Kier molecular flexibility index (Phi) is 5.67. The van der Waals surface area contributed by atoms with Gasteiger partial charge in [0, 0.05) is 23.6 Å². The summed E-state index contributed by atoms with van der Waals surface area (Å²) in [5.41, 5.74) is -1.74. The molecule has 14 heteroatoms. The average Bonchev–Trinajstić information content (AvgIpc) is 3.23. The lowest BCUT2D eigenvalue weighted by Crippen LogP contribution is -2.48. The molecule has 34 heavy (non-hydrogen) atoms. The van der Waals surface area contributed by atoms with Crippen LogP contribution in [-0.4, -0.2) is 44.6 Å². The Balaban J connectivity index is 1.73. The SMILES string of the molecule is C[C@@]1(c2cc(-c3cc(-c4ncc(F)cn4)no3)ccc2F)C[C@@H](C(F)(F)F)OC(NC(=O)O)=N1. The van der Waals surface area contributed by atoms with Gasteiger partial charge in [-0.2, -0.15) is 13.2 Å². The lowest BCUT2D eigenvalue weighted by molar-refractivity contribution is -0.208. The molecule has 1 aliphatic rings. The molecule has 0 radical (unpaired) electrons. The van der Waals surface area contributed by atoms with Gasteiger partial charge in [-0.25, -0.2) is 33.9 Å². The van der Waals surface area contributed by atoms with Crippen molar-refractivity contribution < 1.29 is 41.1 Å². The minimum absolute atomic E-state index is 0.0529. The van der Waals surface area contributed by atoms with Crippen molar-refractivity contribution in [3.63, 3.8) is 0 Å². The van der Waals surface area contributed by atoms with Gasteiger partial charge in [0.2, 0.25) is 0 Å². The van der Waals surface area contributed by atoms with E-state index in [0.717, 1.165) is 18.5 Å². The van der Waals surface area contributed by atoms with Crippen LogP contribution < -0.4 is 5.32 Å². The maximum Gasteiger partial charge on any atom is 0.425 e. The molecule has 1 amide bonds. The van der Waals surface area contributed by atoms with Crippen molar-refractivity contribution >= 4 is 12.1 Å². The van der Waals surface area contributed by atoms with Crippen molar-refractivity contribution in [3.05, 3.63) is 53.9 Å². The standard InChI is InChI=1S/C20H14F5N5O4/c1-19(6-15(20(23,24)25)33-17(29-19)28-18(31)32)11-4-9(2-3-12(11)22)14-5-13(30-34-14)16-26-7-10(21)8-27-16/h2-5,7-8,15H,6H2,1H3,(H,28,29)(H,31,32)/t15-,19-/m0/s1. The lowest BCUT2D eigenvalue weighted by atomic mass is 9.84. The van der Waals surface area contributed by atoms with E-state index in [1.807, 2.05) is 0 Å². The van der Waals surface area contributed by atoms with Gasteiger partial charge in [-0.1, -0.05) is 5.16 Å². The number of nitrogens with zero attached hydrogens (tertiary/aromatic N) is 4. The van der Waals surface area contributed by atoms with E-state index in [0.29, 0.717) is 0 Å². The number of benzene rings is 1. The smallest absolute Gasteiger partial charge is 0.425 e. The van der Waals surface area contributed by atoms with Gasteiger partial charge in [0.05, 0.1) is 17.9 Å². The number of rotatable bonds is 3. The molecule has 9 nitrogen and oxygen atoms in total. The number of amides is 1. The number of aromatic nitrogens is 3. The zero-order valence-electron chi connectivity index (χ0n) is 17.1. The van der Waals surface area contributed by atoms with Crippen LogP contribution in [0.25, 0.3) is 22.8 Å². The molecule has 0 aliphatic carbocycles. The molecule has 0 saturated heterocycles. The second-order valence-electron chi connectivity index (χ2n) is 7.47. The van der Waals surface area contributed by atoms with E-state index in [1.165, 1.54) is 25.1 Å². The number of amidine groups is 1. The Bertz CT molecular complexity index is 1260. The maximum atomic E-state index is 14.8. The van der Waals surface area contributed by atoms with E-state index in [-0.39, 0.29) is 28.4 Å². The van der Waals surface area contributed by atoms with Crippen LogP contribution in [0.5, 0.6) is 0 Å². The molecule has 0 unspecified atom stereocenters. The first kappa shape index (κ1) is 23.1. The highest BCUT2D eigenvalue weighted by atomic mass is 19.4. The molecule has 1 aromatic carbocycles. The summed E-state index contributed by atoms with van der Waals surface area (Å²) in [7, 11) is 0. The number of ether oxygens (including phenoxy) is 1. The molecular formula is C20H14F5N5O4. The summed E-state index contributed by atoms with van der Waals surface area (Å²) < 4.78 is 78.0. The summed E-state index contributed by atoms with van der Waals surface area (Å²) in [6.07, 6.45) is -7.96. The topological polar surface area (TPSA) is 123 Å². The van der Waals surface area contributed by atoms with Crippen LogP contribution in [0.2, 0.25) is 0 Å². The first-order valence-electron chi connectivity index (χ1n) is 9.53. The molecule has 2 aromatic heterocycles. The van der Waals surface area contributed by atoms with E-state index in [9.17, 15) is 26.7 Å². The number of alkyl halides is 3. The van der Waals surface area contributed by atoms with E-state index >= 15 is 0 Å². The summed E-state index contributed by atoms with van der Waals surface area (Å²) in [4.78, 5) is 22.4. The summed E-state index contributed by atoms with van der Waals surface area (Å²) in [6, 6.07) is 3.99. The van der Waals surface area contributed by atoms with Crippen LogP contribution >= 0.6 is 0 Å². The maximum absolute atomic E-state index is 14.8. The fraction of sp³-hybridized carbons (Fsp3) is 0.250. The Morgan fingerprint density at radius 2 is 1.91 bits per heavy atom. The van der Waals surface area contributed by atoms with Gasteiger partial charge in [0.1, 0.15) is 5.82 Å². The van der Waals surface area contributed by atoms with Crippen molar-refractivity contribution in [2.24, 2.45) is 4.99 Å². The van der Waals surface area contributed by atoms with Gasteiger partial charge in [0.25, 0.3) is 6.02 Å². The van der Waals surface area contributed by atoms with Crippen LogP contribution in [0.15, 0.2) is 46.2 Å². The molecule has 1 aliphatic heterocycles. The number of aliphatic imine (C=N–C) groups is 1. The number of halogens is 5. The first-order valence-corrected chi connectivity index (χ1v) is 9.53. The second-order valence-corrected chi connectivity index (χ2v) is 7.47. The molecule has 178 valence electrons. The van der Waals surface area contributed by atoms with Gasteiger partial charge in [-0.15, -0.1) is 0 Å². The van der Waals surface area contributed by atoms with Gasteiger partial charge < -0.3 is 14.4 Å². The average molecular weight is 483 g/mol. The van der Waals surface area contributed by atoms with Crippen molar-refractivity contribution in [1.29, 1.82) is 0 Å². The molecule has 0 bridgehead atoms. The molecule has 0 spiro atoms. The summed E-state index contributed by atoms with van der Waals surface area (Å²) in [6.45, 7) is 1.22. The predicted molar refractivity (Wildman–Crippen MR) is 104 cm³/mol. The monoisotopic (exact) mass is 483 g/mol. The number of carboxylic acid groups (broad SMARTS) is 1. The first-order chi connectivity index (χ1) is 15.9. The van der Waals surface area contributed by atoms with Crippen LogP contribution in [-0.2, 0) is 10.3 Å². The molecule has 3 aromatic rings. The Morgan fingerprint density at radius 1 is 1.21 bits per heavy atom. The summed E-state index contributed by atoms with van der Waals surface area (Å²) in [5.74, 6) is -1.39. The van der Waals surface area contributed by atoms with Gasteiger partial charge in [-0.05, 0) is 25.1 Å². The van der Waals surface area contributed by atoms with E-state index < -0.39 is 48.0 Å². The summed E-state index contributed by atoms with van der Waals surface area (Å²) in [5, 5.41) is 14.3. The third-order valence-electron chi connectivity index (χ3n) is 4.95. The largest absolute Gasteiger partial charge is 0.465 e.